The van der Waals surface area contributed by atoms with Crippen LogP contribution in [0, 0.1) is 5.92 Å². The molecule has 0 aromatic carbocycles. The molecule has 3 aliphatic heterocycles. The van der Waals surface area contributed by atoms with Crippen molar-refractivity contribution >= 4 is 12.1 Å². The average Bonchev–Trinajstić information content (AvgIpc) is 3.29. The summed E-state index contributed by atoms with van der Waals surface area (Å²) in [7, 11) is 0. The van der Waals surface area contributed by atoms with Crippen molar-refractivity contribution in [2.24, 2.45) is 10.9 Å². The minimum absolute atomic E-state index is 0.164. The van der Waals surface area contributed by atoms with Crippen LogP contribution in [0.2, 0.25) is 0 Å². The molecule has 2 N–H and O–H groups in total. The maximum atomic E-state index is 12.6. The summed E-state index contributed by atoms with van der Waals surface area (Å²) in [6.07, 6.45) is 5.84. The van der Waals surface area contributed by atoms with Crippen molar-refractivity contribution in [1.82, 2.24) is 15.5 Å². The fourth-order valence-corrected chi connectivity index (χ4v) is 4.74. The third kappa shape index (κ3) is 7.52. The lowest BCUT2D eigenvalue weighted by atomic mass is 9.98. The summed E-state index contributed by atoms with van der Waals surface area (Å²) in [5.41, 5.74) is -0.453. The van der Waals surface area contributed by atoms with Gasteiger partial charge in [0, 0.05) is 50.3 Å². The first-order valence-electron chi connectivity index (χ1n) is 12.1. The molecule has 0 spiro atoms. The third-order valence-corrected chi connectivity index (χ3v) is 6.12. The van der Waals surface area contributed by atoms with E-state index in [0.29, 0.717) is 12.0 Å². The van der Waals surface area contributed by atoms with Gasteiger partial charge in [-0.3, -0.25) is 4.99 Å². The number of ether oxygens (including phenoxy) is 3. The Bertz CT molecular complexity index is 587. The summed E-state index contributed by atoms with van der Waals surface area (Å²) in [6.45, 7) is 12.7. The van der Waals surface area contributed by atoms with Crippen molar-refractivity contribution in [3.8, 4) is 0 Å². The zero-order chi connectivity index (χ0) is 22.3. The van der Waals surface area contributed by atoms with Gasteiger partial charge in [0.05, 0.1) is 13.2 Å². The second kappa shape index (κ2) is 11.4. The summed E-state index contributed by atoms with van der Waals surface area (Å²) in [5, 5.41) is 6.96. The molecule has 3 rings (SSSR count). The van der Waals surface area contributed by atoms with Gasteiger partial charge in [0.2, 0.25) is 0 Å². The number of guanidine groups is 1. The van der Waals surface area contributed by atoms with Gasteiger partial charge in [-0.2, -0.15) is 0 Å². The zero-order valence-electron chi connectivity index (χ0n) is 19.8. The molecule has 0 saturated carbocycles. The minimum atomic E-state index is -0.453. The molecule has 2 bridgehead atoms. The Morgan fingerprint density at radius 2 is 1.94 bits per heavy atom. The van der Waals surface area contributed by atoms with Crippen LogP contribution in [0.1, 0.15) is 66.2 Å². The monoisotopic (exact) mass is 438 g/mol. The number of aliphatic imine (C=N–C) groups is 1. The maximum Gasteiger partial charge on any atom is 0.410 e. The third-order valence-electron chi connectivity index (χ3n) is 6.12. The van der Waals surface area contributed by atoms with E-state index in [-0.39, 0.29) is 18.2 Å². The lowest BCUT2D eigenvalue weighted by Crippen LogP contribution is -2.55. The fourth-order valence-electron chi connectivity index (χ4n) is 4.74. The van der Waals surface area contributed by atoms with E-state index < -0.39 is 5.60 Å². The Hall–Kier alpha value is -1.54. The highest BCUT2D eigenvalue weighted by Gasteiger charge is 2.45. The van der Waals surface area contributed by atoms with Gasteiger partial charge in [0.1, 0.15) is 5.60 Å². The molecule has 3 aliphatic rings. The van der Waals surface area contributed by atoms with Crippen LogP contribution in [0.15, 0.2) is 4.99 Å². The molecule has 0 aliphatic carbocycles. The van der Waals surface area contributed by atoms with Gasteiger partial charge in [-0.15, -0.1) is 0 Å². The largest absolute Gasteiger partial charge is 0.444 e. The van der Waals surface area contributed by atoms with E-state index in [1.807, 2.05) is 25.7 Å². The standard InChI is InChI=1S/C23H42N4O4/c1-5-24-21(25-10-6-11-29-15-17-9-12-30-16-17)26-18-13-19-7-8-20(14-18)27(19)22(28)31-23(2,3)4/h17-20H,5-16H2,1-4H3,(H2,24,25,26). The number of carbonyl (C=O) groups is 1. The quantitative estimate of drug-likeness (QED) is 0.344. The Kier molecular flexibility index (Phi) is 8.84. The second-order valence-corrected chi connectivity index (χ2v) is 10.0. The summed E-state index contributed by atoms with van der Waals surface area (Å²) in [5.74, 6) is 1.42. The van der Waals surface area contributed by atoms with Gasteiger partial charge in [0.25, 0.3) is 0 Å². The van der Waals surface area contributed by atoms with E-state index in [2.05, 4.69) is 17.6 Å². The van der Waals surface area contributed by atoms with Crippen molar-refractivity contribution in [3.05, 3.63) is 0 Å². The van der Waals surface area contributed by atoms with Gasteiger partial charge in [-0.1, -0.05) is 0 Å². The van der Waals surface area contributed by atoms with Crippen LogP contribution < -0.4 is 10.6 Å². The van der Waals surface area contributed by atoms with E-state index >= 15 is 0 Å². The number of piperidine rings is 1. The number of carbonyl (C=O) groups excluding carboxylic acids is 1. The minimum Gasteiger partial charge on any atom is -0.444 e. The van der Waals surface area contributed by atoms with Crippen LogP contribution in [0.25, 0.3) is 0 Å². The van der Waals surface area contributed by atoms with Crippen molar-refractivity contribution < 1.29 is 19.0 Å². The molecule has 31 heavy (non-hydrogen) atoms. The highest BCUT2D eigenvalue weighted by molar-refractivity contribution is 5.80. The van der Waals surface area contributed by atoms with Gasteiger partial charge < -0.3 is 29.7 Å². The topological polar surface area (TPSA) is 84.4 Å². The van der Waals surface area contributed by atoms with Crippen LogP contribution >= 0.6 is 0 Å². The van der Waals surface area contributed by atoms with Crippen LogP contribution in [0.3, 0.4) is 0 Å². The number of rotatable bonds is 8. The molecule has 178 valence electrons. The maximum absolute atomic E-state index is 12.6. The van der Waals surface area contributed by atoms with Crippen LogP contribution in [0.5, 0.6) is 0 Å². The summed E-state index contributed by atoms with van der Waals surface area (Å²) in [4.78, 5) is 19.4. The Morgan fingerprint density at radius 1 is 1.19 bits per heavy atom. The van der Waals surface area contributed by atoms with Crippen LogP contribution in [0.4, 0.5) is 4.79 Å². The SMILES string of the molecule is CCNC(=NCCCOCC1CCOC1)NC1CC2CCC(C1)N2C(=O)OC(C)(C)C. The van der Waals surface area contributed by atoms with E-state index in [1.165, 1.54) is 0 Å². The molecule has 0 aromatic rings. The van der Waals surface area contributed by atoms with E-state index in [1.54, 1.807) is 0 Å². The van der Waals surface area contributed by atoms with Crippen molar-refractivity contribution in [2.75, 3.05) is 39.5 Å². The molecule has 0 radical (unpaired) electrons. The van der Waals surface area contributed by atoms with Crippen LogP contribution in [-0.4, -0.2) is 80.2 Å². The predicted molar refractivity (Wildman–Crippen MR) is 121 cm³/mol. The number of nitrogens with one attached hydrogen (secondary N) is 2. The van der Waals surface area contributed by atoms with Crippen LogP contribution in [-0.2, 0) is 14.2 Å². The number of nitrogens with zero attached hydrogens (tertiary/aromatic N) is 2. The molecule has 0 aromatic heterocycles. The van der Waals surface area contributed by atoms with Gasteiger partial charge >= 0.3 is 6.09 Å². The summed E-state index contributed by atoms with van der Waals surface area (Å²) >= 11 is 0. The first-order chi connectivity index (χ1) is 14.9. The first-order valence-corrected chi connectivity index (χ1v) is 12.1. The summed E-state index contributed by atoms with van der Waals surface area (Å²) in [6, 6.07) is 0.830. The predicted octanol–water partition coefficient (Wildman–Crippen LogP) is 2.92. The van der Waals surface area contributed by atoms with Gasteiger partial charge in [-0.05, 0) is 66.2 Å². The molecule has 8 heteroatoms. The van der Waals surface area contributed by atoms with Crippen molar-refractivity contribution in [2.45, 2.75) is 89.9 Å². The highest BCUT2D eigenvalue weighted by atomic mass is 16.6. The van der Waals surface area contributed by atoms with Gasteiger partial charge in [-0.25, -0.2) is 4.79 Å². The van der Waals surface area contributed by atoms with E-state index in [9.17, 15) is 4.79 Å². The number of amides is 1. The molecule has 3 unspecified atom stereocenters. The lowest BCUT2D eigenvalue weighted by molar-refractivity contribution is 0.00545. The molecule has 1 amide bonds. The Morgan fingerprint density at radius 3 is 2.55 bits per heavy atom. The number of hydrogen-bond acceptors (Lipinski definition) is 5. The molecule has 3 heterocycles. The molecular formula is C23H42N4O4. The molecule has 3 atom stereocenters. The van der Waals surface area contributed by atoms with E-state index in [0.717, 1.165) is 84.0 Å². The van der Waals surface area contributed by atoms with Crippen molar-refractivity contribution in [3.63, 3.8) is 0 Å². The average molecular weight is 439 g/mol. The molecule has 3 saturated heterocycles. The molecular weight excluding hydrogens is 396 g/mol. The lowest BCUT2D eigenvalue weighted by Gasteiger charge is -2.40. The number of hydrogen-bond donors (Lipinski definition) is 2. The smallest absolute Gasteiger partial charge is 0.410 e. The van der Waals surface area contributed by atoms with Crippen molar-refractivity contribution in [1.29, 1.82) is 0 Å². The van der Waals surface area contributed by atoms with Gasteiger partial charge in [0.15, 0.2) is 5.96 Å². The highest BCUT2D eigenvalue weighted by Crippen LogP contribution is 2.36. The first kappa shape index (κ1) is 24.1. The molecule has 3 fully saturated rings. The Labute approximate surface area is 187 Å². The van der Waals surface area contributed by atoms with E-state index in [4.69, 9.17) is 19.2 Å². The Balaban J connectivity index is 1.42. The normalized spacial score (nSPS) is 28.6. The molecule has 8 nitrogen and oxygen atoms in total. The zero-order valence-corrected chi connectivity index (χ0v) is 19.8. The second-order valence-electron chi connectivity index (χ2n) is 10.0. The summed E-state index contributed by atoms with van der Waals surface area (Å²) < 4.78 is 16.8. The fraction of sp³-hybridized carbons (Fsp3) is 0.913. The number of fused-ring (bicyclic) bond motifs is 2.